The molecule has 0 heteroatoms. The van der Waals surface area contributed by atoms with Crippen LogP contribution in [-0.2, 0) is 0 Å². The molecule has 7 atom stereocenters. The SMILES string of the molecule is C/C=C1/CC[C@@]2(C)C(CCC3C(C)C(C)(C(C)C(C)C)CCC32)C1.C/C=C\C=C/C(C)C.CC. The van der Waals surface area contributed by atoms with E-state index in [1.165, 1.54) is 44.9 Å². The van der Waals surface area contributed by atoms with E-state index in [9.17, 15) is 0 Å². The van der Waals surface area contributed by atoms with Crippen LogP contribution in [-0.4, -0.2) is 0 Å². The van der Waals surface area contributed by atoms with Gasteiger partial charge in [-0.15, -0.1) is 0 Å². The number of fused-ring (bicyclic) bond motifs is 3. The molecule has 6 unspecified atom stereocenters. The predicted molar refractivity (Wildman–Crippen MR) is 156 cm³/mol. The van der Waals surface area contributed by atoms with E-state index >= 15 is 0 Å². The van der Waals surface area contributed by atoms with Gasteiger partial charge in [-0.25, -0.2) is 0 Å². The topological polar surface area (TPSA) is 0 Å². The van der Waals surface area contributed by atoms with E-state index in [0.29, 0.717) is 16.7 Å². The fourth-order valence-corrected chi connectivity index (χ4v) is 7.68. The first-order valence-electron chi connectivity index (χ1n) is 14.9. The molecule has 34 heavy (non-hydrogen) atoms. The summed E-state index contributed by atoms with van der Waals surface area (Å²) in [7, 11) is 0. The van der Waals surface area contributed by atoms with Gasteiger partial charge in [0.25, 0.3) is 0 Å². The molecule has 3 rings (SSSR count). The van der Waals surface area contributed by atoms with Gasteiger partial charge in [0.1, 0.15) is 0 Å². The van der Waals surface area contributed by atoms with Gasteiger partial charge < -0.3 is 0 Å². The third-order valence-corrected chi connectivity index (χ3v) is 10.6. The molecule has 0 spiro atoms. The summed E-state index contributed by atoms with van der Waals surface area (Å²) in [6, 6.07) is 0. The molecule has 0 bridgehead atoms. The van der Waals surface area contributed by atoms with Crippen molar-refractivity contribution in [3.63, 3.8) is 0 Å². The van der Waals surface area contributed by atoms with Gasteiger partial charge in [0, 0.05) is 0 Å². The third-order valence-electron chi connectivity index (χ3n) is 10.6. The van der Waals surface area contributed by atoms with Crippen molar-refractivity contribution in [3.8, 4) is 0 Å². The summed E-state index contributed by atoms with van der Waals surface area (Å²) in [5.74, 6) is 6.18. The van der Waals surface area contributed by atoms with Crippen LogP contribution >= 0.6 is 0 Å². The predicted octanol–water partition coefficient (Wildman–Crippen LogP) is 11.3. The number of allylic oxidation sites excluding steroid dienone is 6. The third kappa shape index (κ3) is 7.13. The van der Waals surface area contributed by atoms with E-state index in [0.717, 1.165) is 35.5 Å². The molecule has 3 saturated carbocycles. The standard InChI is InChI=1S/C24H42.C8H14.C2H6/c1-8-19-11-13-24(7)20(15-19)9-10-21-18(5)23(6,14-12-22(21)24)17(4)16(2)3;1-4-5-6-7-8(2)3;1-2/h8,16-18,20-22H,9-15H2,1-7H3;4-8H,1-3H3;1-2H3/b19-8-;5-4-,7-6-;/t17?,18?,20?,21?,22?,23?,24-;;/m0../s1. The highest BCUT2D eigenvalue weighted by Crippen LogP contribution is 2.64. The molecule has 0 aromatic carbocycles. The van der Waals surface area contributed by atoms with Crippen LogP contribution in [0.5, 0.6) is 0 Å². The second-order valence-corrected chi connectivity index (χ2v) is 12.7. The van der Waals surface area contributed by atoms with Crippen molar-refractivity contribution in [2.45, 2.75) is 128 Å². The summed E-state index contributed by atoms with van der Waals surface area (Å²) in [5, 5.41) is 0. The first kappa shape index (κ1) is 31.3. The lowest BCUT2D eigenvalue weighted by atomic mass is 9.43. The highest BCUT2D eigenvalue weighted by atomic mass is 14.6. The van der Waals surface area contributed by atoms with Gasteiger partial charge in [-0.2, -0.15) is 0 Å². The van der Waals surface area contributed by atoms with Gasteiger partial charge in [-0.3, -0.25) is 0 Å². The molecule has 0 aliphatic heterocycles. The van der Waals surface area contributed by atoms with Crippen LogP contribution in [0.3, 0.4) is 0 Å². The van der Waals surface area contributed by atoms with Crippen LogP contribution in [0.2, 0.25) is 0 Å². The minimum absolute atomic E-state index is 0.557. The maximum Gasteiger partial charge on any atom is -0.0260 e. The second kappa shape index (κ2) is 14.1. The second-order valence-electron chi connectivity index (χ2n) is 12.7. The van der Waals surface area contributed by atoms with E-state index < -0.39 is 0 Å². The highest BCUT2D eigenvalue weighted by Gasteiger charge is 2.56. The fraction of sp³-hybridized carbons (Fsp3) is 0.824. The smallest absolute Gasteiger partial charge is 0.0260 e. The van der Waals surface area contributed by atoms with Gasteiger partial charge >= 0.3 is 0 Å². The summed E-state index contributed by atoms with van der Waals surface area (Å²) < 4.78 is 0. The molecular formula is C34H62. The molecule has 3 aliphatic carbocycles. The van der Waals surface area contributed by atoms with E-state index in [2.05, 4.69) is 80.5 Å². The van der Waals surface area contributed by atoms with Crippen LogP contribution in [0.25, 0.3) is 0 Å². The van der Waals surface area contributed by atoms with Gasteiger partial charge in [-0.1, -0.05) is 105 Å². The van der Waals surface area contributed by atoms with E-state index in [1.807, 2.05) is 32.9 Å². The van der Waals surface area contributed by atoms with Crippen molar-refractivity contribution in [2.75, 3.05) is 0 Å². The van der Waals surface area contributed by atoms with E-state index in [-0.39, 0.29) is 0 Å². The van der Waals surface area contributed by atoms with Crippen molar-refractivity contribution >= 4 is 0 Å². The lowest BCUT2D eigenvalue weighted by Crippen LogP contribution is -2.54. The first-order valence-corrected chi connectivity index (χ1v) is 14.9. The van der Waals surface area contributed by atoms with Crippen LogP contribution in [0.15, 0.2) is 36.0 Å². The zero-order valence-corrected chi connectivity index (χ0v) is 25.4. The average Bonchev–Trinajstić information content (AvgIpc) is 2.82. The number of hydrogen-bond donors (Lipinski definition) is 0. The Labute approximate surface area is 216 Å². The van der Waals surface area contributed by atoms with E-state index in [1.54, 1.807) is 5.57 Å². The Morgan fingerprint density at radius 1 is 0.882 bits per heavy atom. The van der Waals surface area contributed by atoms with Crippen molar-refractivity contribution in [3.05, 3.63) is 36.0 Å². The molecule has 3 aliphatic rings. The minimum Gasteiger partial charge on any atom is -0.0884 e. The van der Waals surface area contributed by atoms with Crippen LogP contribution in [0.1, 0.15) is 128 Å². The molecule has 0 amide bonds. The summed E-state index contributed by atoms with van der Waals surface area (Å²) in [5.41, 5.74) is 2.94. The number of rotatable bonds is 4. The first-order chi connectivity index (χ1) is 16.0. The maximum atomic E-state index is 2.68. The molecule has 0 nitrogen and oxygen atoms in total. The molecule has 0 aromatic heterocycles. The van der Waals surface area contributed by atoms with Crippen molar-refractivity contribution < 1.29 is 0 Å². The maximum absolute atomic E-state index is 2.68. The molecule has 198 valence electrons. The zero-order valence-electron chi connectivity index (χ0n) is 25.4. The van der Waals surface area contributed by atoms with Crippen molar-refractivity contribution in [1.82, 2.24) is 0 Å². The van der Waals surface area contributed by atoms with E-state index in [4.69, 9.17) is 0 Å². The highest BCUT2D eigenvalue weighted by molar-refractivity contribution is 5.14. The summed E-state index contributed by atoms with van der Waals surface area (Å²) in [6.07, 6.45) is 20.9. The zero-order chi connectivity index (χ0) is 26.1. The Morgan fingerprint density at radius 3 is 2.06 bits per heavy atom. The monoisotopic (exact) mass is 470 g/mol. The summed E-state index contributed by atoms with van der Waals surface area (Å²) >= 11 is 0. The Morgan fingerprint density at radius 2 is 1.53 bits per heavy atom. The normalized spacial score (nSPS) is 37.6. The van der Waals surface area contributed by atoms with Crippen molar-refractivity contribution in [2.24, 2.45) is 52.3 Å². The fourth-order valence-electron chi connectivity index (χ4n) is 7.68. The lowest BCUT2D eigenvalue weighted by molar-refractivity contribution is -0.119. The Balaban J connectivity index is 0.000000493. The van der Waals surface area contributed by atoms with Crippen LogP contribution in [0, 0.1) is 52.3 Å². The molecule has 0 saturated heterocycles. The summed E-state index contributed by atoms with van der Waals surface area (Å²) in [4.78, 5) is 0. The molecule has 3 fully saturated rings. The average molecular weight is 471 g/mol. The van der Waals surface area contributed by atoms with Crippen LogP contribution in [0.4, 0.5) is 0 Å². The Hall–Kier alpha value is -0.780. The molecule has 0 N–H and O–H groups in total. The Kier molecular flexibility index (Phi) is 12.9. The lowest BCUT2D eigenvalue weighted by Gasteiger charge is -2.62. The number of hydrogen-bond acceptors (Lipinski definition) is 0. The van der Waals surface area contributed by atoms with Gasteiger partial charge in [-0.05, 0) is 111 Å². The van der Waals surface area contributed by atoms with Crippen LogP contribution < -0.4 is 0 Å². The molecule has 0 heterocycles. The van der Waals surface area contributed by atoms with Gasteiger partial charge in [0.15, 0.2) is 0 Å². The minimum atomic E-state index is 0.557. The molecule has 0 radical (unpaired) electrons. The summed E-state index contributed by atoms with van der Waals surface area (Å²) in [6.45, 7) is 28.0. The van der Waals surface area contributed by atoms with Gasteiger partial charge in [0.05, 0.1) is 0 Å². The Bertz CT molecular complexity index is 662. The van der Waals surface area contributed by atoms with Gasteiger partial charge in [0.2, 0.25) is 0 Å². The quantitative estimate of drug-likeness (QED) is 0.283. The van der Waals surface area contributed by atoms with Crippen molar-refractivity contribution in [1.29, 1.82) is 0 Å². The molecular weight excluding hydrogens is 408 g/mol. The largest absolute Gasteiger partial charge is 0.0884 e. The molecule has 0 aromatic rings.